The van der Waals surface area contributed by atoms with Crippen molar-refractivity contribution in [3.8, 4) is 0 Å². The predicted octanol–water partition coefficient (Wildman–Crippen LogP) is -0.0671. The quantitative estimate of drug-likeness (QED) is 0.727. The highest BCUT2D eigenvalue weighted by molar-refractivity contribution is 5.93. The average Bonchev–Trinajstić information content (AvgIpc) is 2.49. The summed E-state index contributed by atoms with van der Waals surface area (Å²) in [6.07, 6.45) is 1.44. The molecule has 1 aliphatic heterocycles. The van der Waals surface area contributed by atoms with Gasteiger partial charge in [0.1, 0.15) is 5.82 Å². The minimum absolute atomic E-state index is 0.0684. The molecule has 2 amide bonds. The number of quaternary nitrogens is 1. The second-order valence-corrected chi connectivity index (χ2v) is 5.55. The van der Waals surface area contributed by atoms with Crippen molar-refractivity contribution in [1.29, 1.82) is 0 Å². The fraction of sp³-hybridized carbons (Fsp3) is 0.467. The Bertz CT molecular complexity index is 510. The van der Waals surface area contributed by atoms with E-state index in [0.717, 1.165) is 30.8 Å². The number of anilines is 1. The third-order valence-electron chi connectivity index (χ3n) is 4.15. The molecule has 6 heteroatoms. The van der Waals surface area contributed by atoms with E-state index >= 15 is 0 Å². The van der Waals surface area contributed by atoms with E-state index in [1.54, 1.807) is 0 Å². The van der Waals surface area contributed by atoms with Crippen LogP contribution in [0.25, 0.3) is 0 Å². The highest BCUT2D eigenvalue weighted by Crippen LogP contribution is 2.10. The number of halogens is 1. The average molecular weight is 294 g/mol. The summed E-state index contributed by atoms with van der Waals surface area (Å²) in [7, 11) is 0. The number of piperidine rings is 1. The van der Waals surface area contributed by atoms with Crippen LogP contribution in [-0.2, 0) is 9.59 Å². The zero-order chi connectivity index (χ0) is 15.4. The molecule has 2 rings (SSSR count). The Morgan fingerprint density at radius 2 is 1.86 bits per heavy atom. The van der Waals surface area contributed by atoms with Gasteiger partial charge in [-0.05, 0) is 31.2 Å². The van der Waals surface area contributed by atoms with Crippen molar-refractivity contribution in [1.82, 2.24) is 0 Å². The van der Waals surface area contributed by atoms with E-state index in [4.69, 9.17) is 5.73 Å². The van der Waals surface area contributed by atoms with Gasteiger partial charge in [-0.25, -0.2) is 4.39 Å². The van der Waals surface area contributed by atoms with Crippen molar-refractivity contribution in [3.05, 3.63) is 30.1 Å². The number of benzene rings is 1. The van der Waals surface area contributed by atoms with Crippen LogP contribution in [0.1, 0.15) is 19.8 Å². The number of carbonyl (C=O) groups excluding carboxylic acids is 2. The number of nitrogens with two attached hydrogens (primary N) is 1. The van der Waals surface area contributed by atoms with Crippen LogP contribution in [0, 0.1) is 11.7 Å². The molecule has 4 N–H and O–H groups in total. The fourth-order valence-corrected chi connectivity index (χ4v) is 2.68. The van der Waals surface area contributed by atoms with Crippen LogP contribution in [0.3, 0.4) is 0 Å². The minimum atomic E-state index is -0.333. The second kappa shape index (κ2) is 6.67. The van der Waals surface area contributed by atoms with Gasteiger partial charge in [0.05, 0.1) is 13.1 Å². The maximum atomic E-state index is 12.8. The number of likely N-dealkylation sites (tertiary alicyclic amines) is 1. The van der Waals surface area contributed by atoms with Gasteiger partial charge in [-0.15, -0.1) is 0 Å². The van der Waals surface area contributed by atoms with Crippen molar-refractivity contribution in [2.24, 2.45) is 11.7 Å². The normalized spacial score (nSPS) is 23.3. The molecule has 1 heterocycles. The Hall–Kier alpha value is -1.95. The third-order valence-corrected chi connectivity index (χ3v) is 4.15. The summed E-state index contributed by atoms with van der Waals surface area (Å²) >= 11 is 0. The molecule has 5 nitrogen and oxygen atoms in total. The van der Waals surface area contributed by atoms with Crippen molar-refractivity contribution in [2.45, 2.75) is 25.8 Å². The number of nitrogens with one attached hydrogen (secondary N) is 2. The molecule has 0 aliphatic carbocycles. The standard InChI is InChI=1S/C15H20FN3O2/c1-10(19-8-6-11(7-9-19)14(17)20)15(21)18-13-4-2-12(16)3-5-13/h2-5,10-11H,6-9H2,1H3,(H2,17,20)(H,18,21)/p+1/t10-/m0/s1. The van der Waals surface area contributed by atoms with Crippen LogP contribution in [0.5, 0.6) is 0 Å². The topological polar surface area (TPSA) is 76.6 Å². The van der Waals surface area contributed by atoms with Crippen LogP contribution in [0.15, 0.2) is 24.3 Å². The highest BCUT2D eigenvalue weighted by atomic mass is 19.1. The van der Waals surface area contributed by atoms with Crippen LogP contribution in [-0.4, -0.2) is 30.9 Å². The lowest BCUT2D eigenvalue weighted by Gasteiger charge is -2.31. The first kappa shape index (κ1) is 15.4. The summed E-state index contributed by atoms with van der Waals surface area (Å²) in [5.41, 5.74) is 5.89. The van der Waals surface area contributed by atoms with Crippen molar-refractivity contribution < 1.29 is 18.9 Å². The number of hydrogen-bond donors (Lipinski definition) is 3. The lowest BCUT2D eigenvalue weighted by molar-refractivity contribution is -0.919. The molecule has 0 radical (unpaired) electrons. The molecule has 1 aromatic rings. The maximum absolute atomic E-state index is 12.8. The van der Waals surface area contributed by atoms with Gasteiger partial charge >= 0.3 is 0 Å². The van der Waals surface area contributed by atoms with Gasteiger partial charge < -0.3 is 16.0 Å². The Morgan fingerprint density at radius 1 is 1.29 bits per heavy atom. The number of rotatable bonds is 4. The van der Waals surface area contributed by atoms with Gasteiger partial charge in [0.25, 0.3) is 5.91 Å². The van der Waals surface area contributed by atoms with Crippen molar-refractivity contribution in [2.75, 3.05) is 18.4 Å². The summed E-state index contributed by atoms with van der Waals surface area (Å²) in [6, 6.07) is 5.48. The van der Waals surface area contributed by atoms with Gasteiger partial charge in [0, 0.05) is 24.4 Å². The maximum Gasteiger partial charge on any atom is 0.282 e. The third kappa shape index (κ3) is 4.01. The predicted molar refractivity (Wildman–Crippen MR) is 77.1 cm³/mol. The smallest absolute Gasteiger partial charge is 0.282 e. The number of amides is 2. The molecular weight excluding hydrogens is 273 g/mol. The summed E-state index contributed by atoms with van der Waals surface area (Å²) < 4.78 is 12.8. The lowest BCUT2D eigenvalue weighted by atomic mass is 9.95. The Balaban J connectivity index is 1.88. The van der Waals surface area contributed by atoms with Gasteiger partial charge in [-0.3, -0.25) is 9.59 Å². The molecule has 1 fully saturated rings. The van der Waals surface area contributed by atoms with Crippen molar-refractivity contribution in [3.63, 3.8) is 0 Å². The summed E-state index contributed by atoms with van der Waals surface area (Å²) in [4.78, 5) is 24.5. The van der Waals surface area contributed by atoms with E-state index in [1.807, 2.05) is 6.92 Å². The molecule has 1 atom stereocenters. The van der Waals surface area contributed by atoms with Crippen LogP contribution >= 0.6 is 0 Å². The zero-order valence-electron chi connectivity index (χ0n) is 12.1. The molecule has 0 aromatic heterocycles. The van der Waals surface area contributed by atoms with Gasteiger partial charge in [0.2, 0.25) is 5.91 Å². The van der Waals surface area contributed by atoms with Gasteiger partial charge in [-0.2, -0.15) is 0 Å². The van der Waals surface area contributed by atoms with Gasteiger partial charge in [-0.1, -0.05) is 0 Å². The first-order valence-electron chi connectivity index (χ1n) is 7.17. The van der Waals surface area contributed by atoms with E-state index in [0.29, 0.717) is 5.69 Å². The molecule has 114 valence electrons. The zero-order valence-corrected chi connectivity index (χ0v) is 12.1. The SMILES string of the molecule is C[C@@H](C(=O)Nc1ccc(F)cc1)[NH+]1CCC(C(N)=O)CC1. The Labute approximate surface area is 123 Å². The molecule has 1 saturated heterocycles. The molecule has 1 aliphatic rings. The molecule has 21 heavy (non-hydrogen) atoms. The molecule has 0 unspecified atom stereocenters. The largest absolute Gasteiger partial charge is 0.369 e. The molecule has 1 aromatic carbocycles. The van der Waals surface area contributed by atoms with E-state index in [-0.39, 0.29) is 29.6 Å². The minimum Gasteiger partial charge on any atom is -0.369 e. The Morgan fingerprint density at radius 3 is 2.38 bits per heavy atom. The van der Waals surface area contributed by atoms with E-state index in [1.165, 1.54) is 24.3 Å². The molecule has 0 spiro atoms. The first-order valence-corrected chi connectivity index (χ1v) is 7.17. The number of hydrogen-bond acceptors (Lipinski definition) is 2. The molecular formula is C15H21FN3O2+. The number of carbonyl (C=O) groups is 2. The van der Waals surface area contributed by atoms with E-state index < -0.39 is 0 Å². The van der Waals surface area contributed by atoms with Crippen LogP contribution < -0.4 is 16.0 Å². The lowest BCUT2D eigenvalue weighted by Crippen LogP contribution is -3.17. The number of primary amides is 1. The first-order chi connectivity index (χ1) is 9.97. The van der Waals surface area contributed by atoms with Gasteiger partial charge in [0.15, 0.2) is 6.04 Å². The fourth-order valence-electron chi connectivity index (χ4n) is 2.68. The Kier molecular flexibility index (Phi) is 4.90. The van der Waals surface area contributed by atoms with Crippen molar-refractivity contribution >= 4 is 17.5 Å². The van der Waals surface area contributed by atoms with E-state index in [2.05, 4.69) is 5.32 Å². The van der Waals surface area contributed by atoms with Crippen LogP contribution in [0.2, 0.25) is 0 Å². The molecule has 0 bridgehead atoms. The highest BCUT2D eigenvalue weighted by Gasteiger charge is 2.31. The molecule has 0 saturated carbocycles. The monoisotopic (exact) mass is 294 g/mol. The summed E-state index contributed by atoms with van der Waals surface area (Å²) in [5, 5.41) is 2.78. The van der Waals surface area contributed by atoms with E-state index in [9.17, 15) is 14.0 Å². The van der Waals surface area contributed by atoms with Crippen LogP contribution in [0.4, 0.5) is 10.1 Å². The summed E-state index contributed by atoms with van der Waals surface area (Å²) in [5.74, 6) is -0.757. The second-order valence-electron chi connectivity index (χ2n) is 5.55. The summed E-state index contributed by atoms with van der Waals surface area (Å²) in [6.45, 7) is 3.37.